The summed E-state index contributed by atoms with van der Waals surface area (Å²) in [5.41, 5.74) is -3.13. The van der Waals surface area contributed by atoms with Gasteiger partial charge in [-0.25, -0.2) is 4.68 Å². The van der Waals surface area contributed by atoms with Crippen LogP contribution in [0.1, 0.15) is 11.1 Å². The fourth-order valence-electron chi connectivity index (χ4n) is 2.74. The fraction of sp³-hybridized carbons (Fsp3) is 0.167. The summed E-state index contributed by atoms with van der Waals surface area (Å²) in [6.45, 7) is 1.69. The van der Waals surface area contributed by atoms with Gasteiger partial charge in [-0.2, -0.15) is 18.3 Å². The van der Waals surface area contributed by atoms with Crippen molar-refractivity contribution in [3.05, 3.63) is 74.6 Å². The van der Waals surface area contributed by atoms with Gasteiger partial charge in [-0.1, -0.05) is 29.8 Å². The zero-order chi connectivity index (χ0) is 19.9. The van der Waals surface area contributed by atoms with Crippen LogP contribution < -0.4 is 11.1 Å². The second kappa shape index (κ2) is 6.42. The third kappa shape index (κ3) is 3.23. The molecule has 0 aliphatic rings. The van der Waals surface area contributed by atoms with Gasteiger partial charge in [0.05, 0.1) is 17.3 Å². The molecule has 0 unspecified atom stereocenters. The zero-order valence-corrected chi connectivity index (χ0v) is 14.3. The Morgan fingerprint density at radius 2 is 1.81 bits per heavy atom. The molecule has 9 heteroatoms. The minimum absolute atomic E-state index is 0.0814. The highest BCUT2D eigenvalue weighted by atomic mass is 19.4. The molecule has 0 spiro atoms. The van der Waals surface area contributed by atoms with E-state index in [0.717, 1.165) is 27.7 Å². The van der Waals surface area contributed by atoms with Gasteiger partial charge in [-0.15, -0.1) is 0 Å². The van der Waals surface area contributed by atoms with E-state index in [0.29, 0.717) is 5.56 Å². The van der Waals surface area contributed by atoms with Crippen LogP contribution in [0.25, 0.3) is 16.8 Å². The Morgan fingerprint density at radius 3 is 2.44 bits per heavy atom. The summed E-state index contributed by atoms with van der Waals surface area (Å²) in [5.74, 6) is -0.787. The minimum atomic E-state index is -4.76. The van der Waals surface area contributed by atoms with Crippen LogP contribution in [0.4, 0.5) is 13.2 Å². The van der Waals surface area contributed by atoms with Gasteiger partial charge in [0.25, 0.3) is 5.56 Å². The van der Waals surface area contributed by atoms with Crippen molar-refractivity contribution in [1.82, 2.24) is 14.3 Å². The van der Waals surface area contributed by atoms with E-state index in [4.69, 9.17) is 0 Å². The number of aryl methyl sites for hydroxylation is 2. The lowest BCUT2D eigenvalue weighted by atomic mass is 9.99. The Balaban J connectivity index is 2.39. The molecule has 6 nitrogen and oxygen atoms in total. The molecule has 0 radical (unpaired) electrons. The number of benzene rings is 1. The van der Waals surface area contributed by atoms with Gasteiger partial charge in [-0.3, -0.25) is 14.2 Å². The molecule has 0 atom stereocenters. The maximum absolute atomic E-state index is 13.5. The lowest BCUT2D eigenvalue weighted by molar-refractivity contribution is -0.137. The van der Waals surface area contributed by atoms with Gasteiger partial charge < -0.3 is 5.11 Å². The quantitative estimate of drug-likeness (QED) is 0.745. The van der Waals surface area contributed by atoms with Gasteiger partial charge in [0.15, 0.2) is 0 Å². The zero-order valence-electron chi connectivity index (χ0n) is 14.3. The van der Waals surface area contributed by atoms with Crippen LogP contribution in [0, 0.1) is 6.92 Å². The van der Waals surface area contributed by atoms with E-state index in [1.807, 2.05) is 0 Å². The summed E-state index contributed by atoms with van der Waals surface area (Å²) >= 11 is 0. The summed E-state index contributed by atoms with van der Waals surface area (Å²) in [6.07, 6.45) is -2.86. The number of nitrogens with zero attached hydrogens (tertiary/aromatic N) is 3. The lowest BCUT2D eigenvalue weighted by Gasteiger charge is -2.16. The van der Waals surface area contributed by atoms with E-state index in [1.54, 1.807) is 19.1 Å². The van der Waals surface area contributed by atoms with Crippen LogP contribution >= 0.6 is 0 Å². The van der Waals surface area contributed by atoms with Crippen LogP contribution in [0.3, 0.4) is 0 Å². The van der Waals surface area contributed by atoms with Gasteiger partial charge in [0.2, 0.25) is 5.75 Å². The Bertz CT molecular complexity index is 1150. The lowest BCUT2D eigenvalue weighted by Crippen LogP contribution is -2.27. The normalized spacial score (nSPS) is 11.6. The summed E-state index contributed by atoms with van der Waals surface area (Å²) in [4.78, 5) is 24.8. The summed E-state index contributed by atoms with van der Waals surface area (Å²) in [6, 6.07) is 6.81. The number of hydrogen-bond donors (Lipinski definition) is 1. The predicted octanol–water partition coefficient (Wildman–Crippen LogP) is 2.63. The summed E-state index contributed by atoms with van der Waals surface area (Å²) in [7, 11) is 1.29. The van der Waals surface area contributed by atoms with Crippen LogP contribution in [-0.2, 0) is 13.2 Å². The van der Waals surface area contributed by atoms with Gasteiger partial charge in [-0.05, 0) is 18.6 Å². The van der Waals surface area contributed by atoms with Crippen molar-refractivity contribution in [1.29, 1.82) is 0 Å². The van der Waals surface area contributed by atoms with E-state index in [2.05, 4.69) is 5.10 Å². The van der Waals surface area contributed by atoms with Crippen molar-refractivity contribution in [3.63, 3.8) is 0 Å². The number of pyridine rings is 1. The molecule has 3 rings (SSSR count). The first-order chi connectivity index (χ1) is 12.6. The molecule has 0 saturated carbocycles. The number of halogens is 3. The van der Waals surface area contributed by atoms with Gasteiger partial charge in [0, 0.05) is 13.2 Å². The number of aromatic nitrogens is 3. The molecular weight excluding hydrogens is 363 g/mol. The van der Waals surface area contributed by atoms with Gasteiger partial charge in [0.1, 0.15) is 5.69 Å². The van der Waals surface area contributed by atoms with Crippen molar-refractivity contribution in [2.45, 2.75) is 13.1 Å². The largest absolute Gasteiger partial charge is 0.501 e. The maximum atomic E-state index is 13.5. The second-order valence-corrected chi connectivity index (χ2v) is 5.95. The molecule has 3 aromatic rings. The van der Waals surface area contributed by atoms with Gasteiger partial charge >= 0.3 is 11.7 Å². The fourth-order valence-corrected chi connectivity index (χ4v) is 2.74. The van der Waals surface area contributed by atoms with E-state index >= 15 is 0 Å². The molecule has 0 aliphatic heterocycles. The highest BCUT2D eigenvalue weighted by Gasteiger charge is 2.35. The average Bonchev–Trinajstić information content (AvgIpc) is 2.59. The number of rotatable bonds is 2. The molecule has 2 heterocycles. The third-order valence-electron chi connectivity index (χ3n) is 4.06. The third-order valence-corrected chi connectivity index (χ3v) is 4.06. The van der Waals surface area contributed by atoms with Crippen LogP contribution in [-0.4, -0.2) is 19.5 Å². The monoisotopic (exact) mass is 377 g/mol. The molecule has 0 saturated heterocycles. The summed E-state index contributed by atoms with van der Waals surface area (Å²) in [5, 5.41) is 13.7. The highest BCUT2D eigenvalue weighted by molar-refractivity contribution is 5.68. The van der Waals surface area contributed by atoms with E-state index in [-0.39, 0.29) is 11.3 Å². The smallest absolute Gasteiger partial charge is 0.417 e. The van der Waals surface area contributed by atoms with Crippen molar-refractivity contribution in [2.75, 3.05) is 0 Å². The van der Waals surface area contributed by atoms with E-state index in [1.165, 1.54) is 19.2 Å². The second-order valence-electron chi connectivity index (χ2n) is 5.95. The van der Waals surface area contributed by atoms with Crippen molar-refractivity contribution < 1.29 is 18.3 Å². The molecule has 0 fully saturated rings. The molecule has 0 bridgehead atoms. The van der Waals surface area contributed by atoms with Crippen molar-refractivity contribution in [3.8, 4) is 22.6 Å². The molecule has 27 heavy (non-hydrogen) atoms. The van der Waals surface area contributed by atoms with Crippen LogP contribution in [0.5, 0.6) is 5.75 Å². The van der Waals surface area contributed by atoms with Crippen molar-refractivity contribution >= 4 is 0 Å². The SMILES string of the molecule is Cc1cccc(-c2c(C(F)(F)F)ccn(-c3cnn(C)c(=O)c3O)c2=O)c1. The maximum Gasteiger partial charge on any atom is 0.417 e. The molecule has 1 aromatic carbocycles. The molecular formula is C18H14F3N3O3. The van der Waals surface area contributed by atoms with Crippen molar-refractivity contribution in [2.24, 2.45) is 7.05 Å². The van der Waals surface area contributed by atoms with Crippen LogP contribution in [0.15, 0.2) is 52.3 Å². The first kappa shape index (κ1) is 18.4. The topological polar surface area (TPSA) is 77.1 Å². The standard InChI is InChI=1S/C18H14F3N3O3/c1-10-4-3-5-11(8-10)14-12(18(19,20)21)6-7-24(16(14)26)13-9-22-23(2)17(27)15(13)25/h3-9,25H,1-2H3. The Morgan fingerprint density at radius 1 is 1.11 bits per heavy atom. The average molecular weight is 377 g/mol. The molecule has 2 aromatic heterocycles. The highest BCUT2D eigenvalue weighted by Crippen LogP contribution is 2.35. The van der Waals surface area contributed by atoms with E-state index < -0.39 is 34.2 Å². The number of aromatic hydroxyl groups is 1. The molecule has 1 N–H and O–H groups in total. The Kier molecular flexibility index (Phi) is 4.38. The minimum Gasteiger partial charge on any atom is -0.501 e. The molecule has 0 aliphatic carbocycles. The first-order valence-electron chi connectivity index (χ1n) is 7.77. The molecule has 140 valence electrons. The predicted molar refractivity (Wildman–Crippen MR) is 91.9 cm³/mol. The first-order valence-corrected chi connectivity index (χ1v) is 7.77. The van der Waals surface area contributed by atoms with E-state index in [9.17, 15) is 27.9 Å². The van der Waals surface area contributed by atoms with Crippen LogP contribution in [0.2, 0.25) is 0 Å². The number of alkyl halides is 3. The Hall–Kier alpha value is -3.36. The number of hydrogen-bond acceptors (Lipinski definition) is 4. The molecule has 0 amide bonds. The summed E-state index contributed by atoms with van der Waals surface area (Å²) < 4.78 is 42.1. The Labute approximate surface area is 150 Å².